The van der Waals surface area contributed by atoms with Crippen molar-refractivity contribution in [2.75, 3.05) is 25.1 Å². The second-order valence-electron chi connectivity index (χ2n) is 6.16. The van der Waals surface area contributed by atoms with Crippen LogP contribution in [0.25, 0.3) is 21.6 Å². The first kappa shape index (κ1) is 16.0. The Labute approximate surface area is 150 Å². The Bertz CT molecular complexity index is 931. The first-order valence-electron chi connectivity index (χ1n) is 8.39. The van der Waals surface area contributed by atoms with E-state index >= 15 is 0 Å². The average Bonchev–Trinajstić information content (AvgIpc) is 3.30. The van der Waals surface area contributed by atoms with E-state index in [0.717, 1.165) is 40.3 Å². The summed E-state index contributed by atoms with van der Waals surface area (Å²) >= 11 is 1.39. The number of rotatable bonds is 3. The van der Waals surface area contributed by atoms with Crippen molar-refractivity contribution < 1.29 is 9.53 Å². The fourth-order valence-electron chi connectivity index (χ4n) is 3.28. The van der Waals surface area contributed by atoms with Gasteiger partial charge in [0.1, 0.15) is 15.5 Å². The molecule has 4 rings (SSSR count). The van der Waals surface area contributed by atoms with Crippen LogP contribution in [0.5, 0.6) is 0 Å². The van der Waals surface area contributed by atoms with Crippen LogP contribution >= 0.6 is 11.3 Å². The summed E-state index contributed by atoms with van der Waals surface area (Å²) in [4.78, 5) is 25.5. The molecule has 0 aliphatic carbocycles. The van der Waals surface area contributed by atoms with Crippen molar-refractivity contribution in [3.63, 3.8) is 0 Å². The van der Waals surface area contributed by atoms with Crippen LogP contribution in [0.1, 0.15) is 28.1 Å². The van der Waals surface area contributed by atoms with Gasteiger partial charge in [0.25, 0.3) is 0 Å². The van der Waals surface area contributed by atoms with Gasteiger partial charge in [-0.25, -0.2) is 14.8 Å². The number of ether oxygens (including phenoxy) is 1. The third-order valence-electron chi connectivity index (χ3n) is 4.58. The summed E-state index contributed by atoms with van der Waals surface area (Å²) in [6.07, 6.45) is 2.33. The van der Waals surface area contributed by atoms with Crippen molar-refractivity contribution in [2.24, 2.45) is 0 Å². The van der Waals surface area contributed by atoms with Crippen LogP contribution < -0.4 is 4.90 Å². The largest absolute Gasteiger partial charge is 0.465 e. The number of aryl methyl sites for hydroxylation is 1. The van der Waals surface area contributed by atoms with E-state index in [-0.39, 0.29) is 5.97 Å². The van der Waals surface area contributed by atoms with Gasteiger partial charge in [0.2, 0.25) is 0 Å². The zero-order chi connectivity index (χ0) is 17.4. The second kappa shape index (κ2) is 6.44. The maximum absolute atomic E-state index is 12.1. The van der Waals surface area contributed by atoms with Gasteiger partial charge in [-0.2, -0.15) is 0 Å². The molecule has 1 aliphatic rings. The van der Waals surface area contributed by atoms with E-state index in [4.69, 9.17) is 14.7 Å². The summed E-state index contributed by atoms with van der Waals surface area (Å²) < 4.78 is 4.94. The number of esters is 1. The van der Waals surface area contributed by atoms with E-state index in [1.165, 1.54) is 31.3 Å². The number of fused-ring (bicyclic) bond motifs is 1. The summed E-state index contributed by atoms with van der Waals surface area (Å²) in [7, 11) is 1.41. The summed E-state index contributed by atoms with van der Waals surface area (Å²) in [6, 6.07) is 9.97. The maximum atomic E-state index is 12.1. The fraction of sp³-hybridized carbons (Fsp3) is 0.316. The van der Waals surface area contributed by atoms with E-state index in [9.17, 15) is 4.79 Å². The van der Waals surface area contributed by atoms with Crippen molar-refractivity contribution in [3.05, 3.63) is 40.8 Å². The molecule has 1 aliphatic heterocycles. The van der Waals surface area contributed by atoms with Crippen molar-refractivity contribution in [1.82, 2.24) is 9.97 Å². The van der Waals surface area contributed by atoms with Crippen LogP contribution in [0.15, 0.2) is 30.3 Å². The Balaban J connectivity index is 1.97. The van der Waals surface area contributed by atoms with Crippen molar-refractivity contribution in [3.8, 4) is 11.4 Å². The molecule has 0 radical (unpaired) electrons. The normalized spacial score (nSPS) is 14.2. The first-order valence-corrected chi connectivity index (χ1v) is 9.20. The molecule has 0 atom stereocenters. The zero-order valence-corrected chi connectivity index (χ0v) is 15.1. The standard InChI is InChI=1S/C19H19N3O2S/c1-12-14-17(22-10-6-7-11-22)20-16(13-8-4-3-5-9-13)21-18(14)25-15(12)19(23)24-2/h3-5,8-9H,6-7,10-11H2,1-2H3. The number of thiophene rings is 1. The molecular formula is C19H19N3O2S. The fourth-order valence-corrected chi connectivity index (χ4v) is 4.37. The molecule has 0 N–H and O–H groups in total. The van der Waals surface area contributed by atoms with Gasteiger partial charge < -0.3 is 9.64 Å². The van der Waals surface area contributed by atoms with E-state index in [2.05, 4.69) is 4.90 Å². The molecule has 0 bridgehead atoms. The number of nitrogens with zero attached hydrogens (tertiary/aromatic N) is 3. The van der Waals surface area contributed by atoms with Crippen molar-refractivity contribution in [1.29, 1.82) is 0 Å². The molecule has 2 aromatic heterocycles. The number of hydrogen-bond donors (Lipinski definition) is 0. The first-order chi connectivity index (χ1) is 12.2. The van der Waals surface area contributed by atoms with Gasteiger partial charge in [-0.1, -0.05) is 30.3 Å². The lowest BCUT2D eigenvalue weighted by Gasteiger charge is -2.18. The summed E-state index contributed by atoms with van der Waals surface area (Å²) in [6.45, 7) is 3.93. The van der Waals surface area contributed by atoms with Gasteiger partial charge in [0.05, 0.1) is 12.5 Å². The Hall–Kier alpha value is -2.47. The molecule has 3 heterocycles. The van der Waals surface area contributed by atoms with Crippen LogP contribution in [0.2, 0.25) is 0 Å². The van der Waals surface area contributed by atoms with Gasteiger partial charge in [-0.05, 0) is 25.3 Å². The van der Waals surface area contributed by atoms with Crippen LogP contribution in [0, 0.1) is 6.92 Å². The minimum Gasteiger partial charge on any atom is -0.465 e. The number of benzene rings is 1. The molecule has 0 spiro atoms. The van der Waals surface area contributed by atoms with Crippen LogP contribution in [0.4, 0.5) is 5.82 Å². The lowest BCUT2D eigenvalue weighted by molar-refractivity contribution is 0.0605. The molecule has 1 fully saturated rings. The van der Waals surface area contributed by atoms with Crippen molar-refractivity contribution in [2.45, 2.75) is 19.8 Å². The lowest BCUT2D eigenvalue weighted by Crippen LogP contribution is -2.20. The van der Waals surface area contributed by atoms with Gasteiger partial charge in [0, 0.05) is 18.7 Å². The quantitative estimate of drug-likeness (QED) is 0.665. The Morgan fingerprint density at radius 2 is 1.88 bits per heavy atom. The number of carbonyl (C=O) groups excluding carboxylic acids is 1. The summed E-state index contributed by atoms with van der Waals surface area (Å²) in [5.41, 5.74) is 1.89. The molecule has 25 heavy (non-hydrogen) atoms. The third-order valence-corrected chi connectivity index (χ3v) is 5.75. The van der Waals surface area contributed by atoms with E-state index in [0.29, 0.717) is 10.7 Å². The number of hydrogen-bond acceptors (Lipinski definition) is 6. The molecule has 5 nitrogen and oxygen atoms in total. The highest BCUT2D eigenvalue weighted by molar-refractivity contribution is 7.20. The molecule has 1 saturated heterocycles. The SMILES string of the molecule is COC(=O)c1sc2nc(-c3ccccc3)nc(N3CCCC3)c2c1C. The highest BCUT2D eigenvalue weighted by Crippen LogP contribution is 2.38. The van der Waals surface area contributed by atoms with Crippen molar-refractivity contribution >= 4 is 33.3 Å². The monoisotopic (exact) mass is 353 g/mol. The van der Waals surface area contributed by atoms with Gasteiger partial charge in [0.15, 0.2) is 5.82 Å². The zero-order valence-electron chi connectivity index (χ0n) is 14.3. The third kappa shape index (κ3) is 2.76. The minimum absolute atomic E-state index is 0.311. The average molecular weight is 353 g/mol. The number of anilines is 1. The molecule has 128 valence electrons. The molecule has 0 amide bonds. The van der Waals surface area contributed by atoms with Gasteiger partial charge in [-0.15, -0.1) is 11.3 Å². The van der Waals surface area contributed by atoms with E-state index in [1.54, 1.807) is 0 Å². The summed E-state index contributed by atoms with van der Waals surface area (Å²) in [5, 5.41) is 0.979. The second-order valence-corrected chi connectivity index (χ2v) is 7.16. The molecule has 3 aromatic rings. The van der Waals surface area contributed by atoms with E-state index < -0.39 is 0 Å². The highest BCUT2D eigenvalue weighted by atomic mass is 32.1. The van der Waals surface area contributed by atoms with Crippen LogP contribution in [-0.2, 0) is 4.74 Å². The molecule has 0 saturated carbocycles. The number of carbonyl (C=O) groups is 1. The maximum Gasteiger partial charge on any atom is 0.348 e. The highest BCUT2D eigenvalue weighted by Gasteiger charge is 2.25. The predicted octanol–water partition coefficient (Wildman–Crippen LogP) is 4.05. The van der Waals surface area contributed by atoms with Crippen LogP contribution in [-0.4, -0.2) is 36.1 Å². The number of aromatic nitrogens is 2. The molecule has 0 unspecified atom stereocenters. The predicted molar refractivity (Wildman–Crippen MR) is 100 cm³/mol. The Kier molecular flexibility index (Phi) is 4.13. The topological polar surface area (TPSA) is 55.3 Å². The minimum atomic E-state index is -0.311. The van der Waals surface area contributed by atoms with Crippen LogP contribution in [0.3, 0.4) is 0 Å². The molecule has 6 heteroatoms. The Morgan fingerprint density at radius 3 is 2.56 bits per heavy atom. The Morgan fingerprint density at radius 1 is 1.16 bits per heavy atom. The summed E-state index contributed by atoms with van der Waals surface area (Å²) in [5.74, 6) is 1.33. The molecular weight excluding hydrogens is 334 g/mol. The molecule has 1 aromatic carbocycles. The van der Waals surface area contributed by atoms with E-state index in [1.807, 2.05) is 37.3 Å². The smallest absolute Gasteiger partial charge is 0.348 e. The lowest BCUT2D eigenvalue weighted by atomic mass is 10.1. The van der Waals surface area contributed by atoms with Gasteiger partial charge in [-0.3, -0.25) is 0 Å². The van der Waals surface area contributed by atoms with Gasteiger partial charge >= 0.3 is 5.97 Å². The number of methoxy groups -OCH3 is 1.